The van der Waals surface area contributed by atoms with E-state index in [0.717, 1.165) is 37.4 Å². The Hall–Kier alpha value is -3.44. The van der Waals surface area contributed by atoms with Crippen molar-refractivity contribution in [1.82, 2.24) is 25.2 Å². The number of carbonyl (C=O) groups excluding carboxylic acids is 3. The first-order chi connectivity index (χ1) is 16.9. The van der Waals surface area contributed by atoms with Gasteiger partial charge in [0.25, 0.3) is 11.5 Å². The number of amides is 3. The van der Waals surface area contributed by atoms with E-state index in [-0.39, 0.29) is 35.6 Å². The monoisotopic (exact) mass is 494 g/mol. The predicted molar refractivity (Wildman–Crippen MR) is 132 cm³/mol. The molecular weight excluding hydrogens is 468 g/mol. The molecule has 0 aliphatic carbocycles. The van der Waals surface area contributed by atoms with Crippen LogP contribution in [0, 0.1) is 12.8 Å². The van der Waals surface area contributed by atoms with Gasteiger partial charge in [-0.1, -0.05) is 6.07 Å². The van der Waals surface area contributed by atoms with Crippen molar-refractivity contribution in [2.24, 2.45) is 5.92 Å². The van der Waals surface area contributed by atoms with E-state index in [9.17, 15) is 19.2 Å². The van der Waals surface area contributed by atoms with E-state index in [2.05, 4.69) is 25.9 Å². The first-order valence-electron chi connectivity index (χ1n) is 11.7. The summed E-state index contributed by atoms with van der Waals surface area (Å²) in [6, 6.07) is 4.18. The van der Waals surface area contributed by atoms with Gasteiger partial charge in [-0.05, 0) is 57.3 Å². The summed E-state index contributed by atoms with van der Waals surface area (Å²) in [6.45, 7) is 3.67. The highest BCUT2D eigenvalue weighted by Crippen LogP contribution is 2.26. The molecule has 0 radical (unpaired) electrons. The maximum atomic E-state index is 13.3. The highest BCUT2D eigenvalue weighted by atomic mass is 32.1. The molecular formula is C24H26N6O4S. The molecule has 2 saturated heterocycles. The first kappa shape index (κ1) is 23.3. The second-order valence-corrected chi connectivity index (χ2v) is 10.1. The largest absolute Gasteiger partial charge is 0.319 e. The van der Waals surface area contributed by atoms with Crippen LogP contribution >= 0.6 is 11.3 Å². The highest BCUT2D eigenvalue weighted by molar-refractivity contribution is 7.13. The number of rotatable bonds is 5. The quantitative estimate of drug-likeness (QED) is 0.461. The van der Waals surface area contributed by atoms with Gasteiger partial charge in [-0.15, -0.1) is 11.3 Å². The van der Waals surface area contributed by atoms with Crippen LogP contribution in [0.3, 0.4) is 0 Å². The molecule has 2 aromatic heterocycles. The van der Waals surface area contributed by atoms with Gasteiger partial charge >= 0.3 is 0 Å². The van der Waals surface area contributed by atoms with Gasteiger partial charge in [0, 0.05) is 12.8 Å². The Labute approximate surface area is 205 Å². The number of carbonyl (C=O) groups is 3. The maximum Gasteiger partial charge on any atom is 0.267 e. The third kappa shape index (κ3) is 4.73. The number of hydrogen-bond acceptors (Lipinski definition) is 8. The van der Waals surface area contributed by atoms with Crippen molar-refractivity contribution in [2.75, 3.05) is 18.4 Å². The molecule has 11 heteroatoms. The van der Waals surface area contributed by atoms with Gasteiger partial charge in [0.15, 0.2) is 0 Å². The molecule has 2 aliphatic rings. The molecule has 5 rings (SSSR count). The fraction of sp³-hybridized carbons (Fsp3) is 0.417. The molecule has 35 heavy (non-hydrogen) atoms. The zero-order chi connectivity index (χ0) is 24.5. The number of aryl methyl sites for hydroxylation is 1. The number of thiazole rings is 1. The van der Waals surface area contributed by atoms with Crippen LogP contribution in [0.15, 0.2) is 29.2 Å². The average Bonchev–Trinajstić information content (AvgIpc) is 3.30. The minimum absolute atomic E-state index is 0.158. The maximum absolute atomic E-state index is 13.3. The van der Waals surface area contributed by atoms with Crippen LogP contribution < -0.4 is 21.5 Å². The number of piperidine rings is 2. The average molecular weight is 495 g/mol. The lowest BCUT2D eigenvalue weighted by Crippen LogP contribution is -2.45. The molecule has 3 amide bonds. The number of benzene rings is 1. The number of nitrogens with zero attached hydrogens (tertiary/aromatic N) is 3. The molecule has 4 heterocycles. The lowest BCUT2D eigenvalue weighted by atomic mass is 9.95. The van der Waals surface area contributed by atoms with Crippen LogP contribution in [0.5, 0.6) is 0 Å². The topological polar surface area (TPSA) is 135 Å². The molecule has 0 spiro atoms. The molecule has 0 bridgehead atoms. The molecule has 182 valence electrons. The number of hydrogen-bond donors (Lipinski definition) is 3. The summed E-state index contributed by atoms with van der Waals surface area (Å²) >= 11 is 1.39. The number of para-hydroxylation sites is 1. The first-order valence-corrected chi connectivity index (χ1v) is 12.5. The van der Waals surface area contributed by atoms with E-state index in [1.165, 1.54) is 15.9 Å². The summed E-state index contributed by atoms with van der Waals surface area (Å²) in [6.07, 6.45) is 5.08. The van der Waals surface area contributed by atoms with E-state index in [1.54, 1.807) is 31.3 Å². The van der Waals surface area contributed by atoms with E-state index in [0.29, 0.717) is 27.8 Å². The molecule has 1 unspecified atom stereocenters. The van der Waals surface area contributed by atoms with Crippen LogP contribution in [0.1, 0.15) is 52.2 Å². The second-order valence-electron chi connectivity index (χ2n) is 8.97. The minimum Gasteiger partial charge on any atom is -0.319 e. The fourth-order valence-corrected chi connectivity index (χ4v) is 5.68. The molecule has 3 aromatic rings. The van der Waals surface area contributed by atoms with Crippen molar-refractivity contribution in [3.05, 3.63) is 50.5 Å². The number of fused-ring (bicyclic) bond motifs is 1. The third-order valence-electron chi connectivity index (χ3n) is 6.58. The van der Waals surface area contributed by atoms with Crippen LogP contribution in [-0.4, -0.2) is 45.3 Å². The summed E-state index contributed by atoms with van der Waals surface area (Å²) in [4.78, 5) is 59.7. The molecule has 1 aromatic carbocycles. The van der Waals surface area contributed by atoms with E-state index < -0.39 is 11.9 Å². The fourth-order valence-electron chi connectivity index (χ4n) is 4.75. The summed E-state index contributed by atoms with van der Waals surface area (Å²) in [5.74, 6) is -0.253. The zero-order valence-corrected chi connectivity index (χ0v) is 20.1. The molecule has 1 atom stereocenters. The van der Waals surface area contributed by atoms with E-state index in [4.69, 9.17) is 0 Å². The van der Waals surface area contributed by atoms with Gasteiger partial charge in [0.1, 0.15) is 22.3 Å². The molecule has 3 N–H and O–H groups in total. The van der Waals surface area contributed by atoms with E-state index >= 15 is 0 Å². The lowest BCUT2D eigenvalue weighted by Gasteiger charge is -2.24. The predicted octanol–water partition coefficient (Wildman–Crippen LogP) is 1.93. The van der Waals surface area contributed by atoms with Crippen molar-refractivity contribution < 1.29 is 14.4 Å². The van der Waals surface area contributed by atoms with Crippen molar-refractivity contribution in [3.63, 3.8) is 0 Å². The Bertz CT molecular complexity index is 1370. The zero-order valence-electron chi connectivity index (χ0n) is 19.3. The second kappa shape index (κ2) is 9.67. The van der Waals surface area contributed by atoms with Crippen LogP contribution in [0.25, 0.3) is 10.9 Å². The Morgan fingerprint density at radius 2 is 2.00 bits per heavy atom. The normalized spacial score (nSPS) is 19.1. The van der Waals surface area contributed by atoms with Gasteiger partial charge in [-0.3, -0.25) is 29.1 Å². The Morgan fingerprint density at radius 1 is 1.20 bits per heavy atom. The lowest BCUT2D eigenvalue weighted by molar-refractivity contribution is -0.135. The standard InChI is InChI=1S/C24H26N6O4S/c1-13-27-21-15(24(34)30(13)17-5-6-19(31)29-22(17)32)3-2-4-16(21)28-23(33)18-12-26-20(35-18)11-14-7-9-25-10-8-14/h2-4,12,14,17,25H,5-11H2,1H3,(H,28,33)(H,29,31,32). The highest BCUT2D eigenvalue weighted by Gasteiger charge is 2.30. The molecule has 10 nitrogen and oxygen atoms in total. The van der Waals surface area contributed by atoms with Crippen molar-refractivity contribution >= 4 is 45.6 Å². The van der Waals surface area contributed by atoms with Crippen molar-refractivity contribution in [3.8, 4) is 0 Å². The Kier molecular flexibility index (Phi) is 6.44. The Morgan fingerprint density at radius 3 is 2.77 bits per heavy atom. The number of nitrogens with one attached hydrogen (secondary N) is 3. The van der Waals surface area contributed by atoms with E-state index in [1.807, 2.05) is 0 Å². The van der Waals surface area contributed by atoms with Gasteiger partial charge < -0.3 is 10.6 Å². The summed E-state index contributed by atoms with van der Waals surface area (Å²) in [5.41, 5.74) is 0.378. The van der Waals surface area contributed by atoms with Crippen LogP contribution in [0.4, 0.5) is 5.69 Å². The van der Waals surface area contributed by atoms with Gasteiger partial charge in [0.2, 0.25) is 11.8 Å². The SMILES string of the molecule is Cc1nc2c(NC(=O)c3cnc(CC4CCNCC4)s3)cccc2c(=O)n1C1CCC(=O)NC1=O. The van der Waals surface area contributed by atoms with Gasteiger partial charge in [-0.25, -0.2) is 9.97 Å². The smallest absolute Gasteiger partial charge is 0.267 e. The van der Waals surface area contributed by atoms with Crippen molar-refractivity contribution in [1.29, 1.82) is 0 Å². The molecule has 0 saturated carbocycles. The molecule has 2 fully saturated rings. The van der Waals surface area contributed by atoms with Gasteiger partial charge in [-0.2, -0.15) is 0 Å². The summed E-state index contributed by atoms with van der Waals surface area (Å²) < 4.78 is 1.33. The minimum atomic E-state index is -0.800. The third-order valence-corrected chi connectivity index (χ3v) is 7.60. The Balaban J connectivity index is 1.39. The number of aromatic nitrogens is 3. The van der Waals surface area contributed by atoms with Crippen LogP contribution in [-0.2, 0) is 16.0 Å². The summed E-state index contributed by atoms with van der Waals surface area (Å²) in [7, 11) is 0. The molecule has 2 aliphatic heterocycles. The summed E-state index contributed by atoms with van der Waals surface area (Å²) in [5, 5.41) is 9.74. The number of anilines is 1. The van der Waals surface area contributed by atoms with Gasteiger partial charge in [0.05, 0.1) is 22.3 Å². The van der Waals surface area contributed by atoms with Crippen molar-refractivity contribution in [2.45, 2.75) is 45.1 Å². The van der Waals surface area contributed by atoms with Crippen LogP contribution in [0.2, 0.25) is 0 Å². The number of imide groups is 1.